The highest BCUT2D eigenvalue weighted by molar-refractivity contribution is 5.97. The van der Waals surface area contributed by atoms with E-state index in [0.29, 0.717) is 5.56 Å². The number of halogens is 1. The van der Waals surface area contributed by atoms with Crippen molar-refractivity contribution in [1.82, 2.24) is 4.98 Å². The average Bonchev–Trinajstić information content (AvgIpc) is 2.29. The van der Waals surface area contributed by atoms with Crippen LogP contribution in [0, 0.1) is 5.82 Å². The molecule has 86 valence electrons. The summed E-state index contributed by atoms with van der Waals surface area (Å²) < 4.78 is 12.8. The molecule has 0 saturated heterocycles. The minimum absolute atomic E-state index is 0.109. The monoisotopic (exact) mass is 233 g/mol. The summed E-state index contributed by atoms with van der Waals surface area (Å²) in [6.45, 7) is 0. The van der Waals surface area contributed by atoms with Gasteiger partial charge in [0.1, 0.15) is 17.1 Å². The van der Waals surface area contributed by atoms with E-state index in [9.17, 15) is 14.3 Å². The van der Waals surface area contributed by atoms with Crippen LogP contribution in [0.25, 0.3) is 11.3 Å². The maximum Gasteiger partial charge on any atom is 0.341 e. The molecule has 4 nitrogen and oxygen atoms in total. The number of aromatic carboxylic acids is 1. The summed E-state index contributed by atoms with van der Waals surface area (Å²) in [6.07, 6.45) is 1.29. The molecule has 1 aromatic heterocycles. The van der Waals surface area contributed by atoms with Crippen LogP contribution in [-0.4, -0.2) is 21.2 Å². The molecule has 0 aliphatic heterocycles. The van der Waals surface area contributed by atoms with E-state index in [1.807, 2.05) is 0 Å². The second kappa shape index (κ2) is 4.21. The highest BCUT2D eigenvalue weighted by Gasteiger charge is 2.17. The van der Waals surface area contributed by atoms with Crippen LogP contribution in [0.2, 0.25) is 0 Å². The molecule has 0 atom stereocenters. The van der Waals surface area contributed by atoms with Crippen molar-refractivity contribution in [3.05, 3.63) is 47.9 Å². The van der Waals surface area contributed by atoms with Crippen molar-refractivity contribution < 1.29 is 19.4 Å². The number of aromatic hydroxyl groups is 1. The normalized spacial score (nSPS) is 10.2. The van der Waals surface area contributed by atoms with E-state index in [1.165, 1.54) is 36.5 Å². The van der Waals surface area contributed by atoms with Crippen LogP contribution in [0.3, 0.4) is 0 Å². The van der Waals surface area contributed by atoms with Gasteiger partial charge in [-0.15, -0.1) is 0 Å². The lowest BCUT2D eigenvalue weighted by atomic mass is 10.1. The van der Waals surface area contributed by atoms with E-state index in [1.54, 1.807) is 0 Å². The maximum atomic E-state index is 12.8. The first-order valence-corrected chi connectivity index (χ1v) is 4.77. The predicted molar refractivity (Wildman–Crippen MR) is 58.3 cm³/mol. The lowest BCUT2D eigenvalue weighted by molar-refractivity contribution is 0.0694. The van der Waals surface area contributed by atoms with Gasteiger partial charge in [-0.1, -0.05) is 0 Å². The number of benzene rings is 1. The number of pyridine rings is 1. The number of nitrogens with zero attached hydrogens (tertiary/aromatic N) is 1. The van der Waals surface area contributed by atoms with Crippen molar-refractivity contribution in [2.24, 2.45) is 0 Å². The molecule has 0 aliphatic rings. The largest absolute Gasteiger partial charge is 0.507 e. The maximum absolute atomic E-state index is 12.8. The first-order chi connectivity index (χ1) is 8.09. The van der Waals surface area contributed by atoms with E-state index in [2.05, 4.69) is 4.98 Å². The molecular formula is C12H8FNO3. The standard InChI is InChI=1S/C12H8FNO3/c13-8-3-1-7(2-4-8)11-10(12(16)17)9(15)5-6-14-11/h1-6H,(H,14,15)(H,16,17). The summed E-state index contributed by atoms with van der Waals surface area (Å²) in [6, 6.07) is 6.41. The summed E-state index contributed by atoms with van der Waals surface area (Å²) in [5.41, 5.74) is 0.247. The third-order valence-electron chi connectivity index (χ3n) is 2.26. The molecule has 0 fully saturated rings. The van der Waals surface area contributed by atoms with Crippen LogP contribution in [0.1, 0.15) is 10.4 Å². The molecule has 0 saturated carbocycles. The Labute approximate surface area is 96.0 Å². The van der Waals surface area contributed by atoms with Crippen molar-refractivity contribution in [2.75, 3.05) is 0 Å². The summed E-state index contributed by atoms with van der Waals surface area (Å²) in [7, 11) is 0. The molecule has 0 unspecified atom stereocenters. The predicted octanol–water partition coefficient (Wildman–Crippen LogP) is 2.29. The molecule has 5 heteroatoms. The fourth-order valence-electron chi connectivity index (χ4n) is 1.49. The van der Waals surface area contributed by atoms with Crippen LogP contribution in [-0.2, 0) is 0 Å². The molecule has 2 aromatic rings. The Morgan fingerprint density at radius 2 is 1.82 bits per heavy atom. The molecule has 2 rings (SSSR count). The van der Waals surface area contributed by atoms with Crippen molar-refractivity contribution in [1.29, 1.82) is 0 Å². The number of carboxylic acids is 1. The second-order valence-electron chi connectivity index (χ2n) is 3.37. The molecule has 0 aliphatic carbocycles. The SMILES string of the molecule is O=C(O)c1c(O)ccnc1-c1ccc(F)cc1. The van der Waals surface area contributed by atoms with Crippen LogP contribution >= 0.6 is 0 Å². The third-order valence-corrected chi connectivity index (χ3v) is 2.26. The van der Waals surface area contributed by atoms with Crippen molar-refractivity contribution in [2.45, 2.75) is 0 Å². The number of carbonyl (C=O) groups is 1. The van der Waals surface area contributed by atoms with Gasteiger partial charge in [-0.2, -0.15) is 0 Å². The van der Waals surface area contributed by atoms with Gasteiger partial charge in [0.2, 0.25) is 0 Å². The Morgan fingerprint density at radius 1 is 1.18 bits per heavy atom. The van der Waals surface area contributed by atoms with E-state index in [-0.39, 0.29) is 17.0 Å². The van der Waals surface area contributed by atoms with Crippen molar-refractivity contribution in [3.8, 4) is 17.0 Å². The number of carboxylic acid groups (broad SMARTS) is 1. The highest BCUT2D eigenvalue weighted by Crippen LogP contribution is 2.27. The Kier molecular flexibility index (Phi) is 2.74. The zero-order valence-corrected chi connectivity index (χ0v) is 8.59. The minimum Gasteiger partial charge on any atom is -0.507 e. The summed E-state index contributed by atoms with van der Waals surface area (Å²) in [4.78, 5) is 14.9. The molecule has 0 spiro atoms. The lowest BCUT2D eigenvalue weighted by Gasteiger charge is -2.06. The molecule has 1 heterocycles. The molecule has 0 radical (unpaired) electrons. The lowest BCUT2D eigenvalue weighted by Crippen LogP contribution is -2.02. The quantitative estimate of drug-likeness (QED) is 0.834. The molecule has 1 aromatic carbocycles. The Balaban J connectivity index is 2.63. The summed E-state index contributed by atoms with van der Waals surface area (Å²) >= 11 is 0. The third kappa shape index (κ3) is 2.08. The first-order valence-electron chi connectivity index (χ1n) is 4.77. The van der Waals surface area contributed by atoms with Gasteiger partial charge < -0.3 is 10.2 Å². The van der Waals surface area contributed by atoms with Gasteiger partial charge in [0.05, 0.1) is 5.69 Å². The molecule has 2 N–H and O–H groups in total. The zero-order chi connectivity index (χ0) is 12.4. The molecule has 0 amide bonds. The van der Waals surface area contributed by atoms with E-state index >= 15 is 0 Å². The summed E-state index contributed by atoms with van der Waals surface area (Å²) in [5.74, 6) is -2.08. The van der Waals surface area contributed by atoms with Gasteiger partial charge in [0.15, 0.2) is 0 Å². The number of hydrogen-bond acceptors (Lipinski definition) is 3. The Bertz CT molecular complexity index is 566. The van der Waals surface area contributed by atoms with Gasteiger partial charge in [-0.25, -0.2) is 9.18 Å². The summed E-state index contributed by atoms with van der Waals surface area (Å²) in [5, 5.41) is 18.5. The minimum atomic E-state index is -1.28. The van der Waals surface area contributed by atoms with Gasteiger partial charge in [-0.05, 0) is 30.3 Å². The van der Waals surface area contributed by atoms with Gasteiger partial charge in [0.25, 0.3) is 0 Å². The zero-order valence-electron chi connectivity index (χ0n) is 8.59. The number of hydrogen-bond donors (Lipinski definition) is 2. The average molecular weight is 233 g/mol. The topological polar surface area (TPSA) is 70.4 Å². The van der Waals surface area contributed by atoms with Crippen molar-refractivity contribution in [3.63, 3.8) is 0 Å². The Morgan fingerprint density at radius 3 is 2.41 bits per heavy atom. The fraction of sp³-hybridized carbons (Fsp3) is 0. The van der Waals surface area contributed by atoms with E-state index < -0.39 is 11.8 Å². The molecule has 17 heavy (non-hydrogen) atoms. The smallest absolute Gasteiger partial charge is 0.341 e. The van der Waals surface area contributed by atoms with Crippen LogP contribution in [0.5, 0.6) is 5.75 Å². The first kappa shape index (κ1) is 11.1. The van der Waals surface area contributed by atoms with Crippen LogP contribution in [0.4, 0.5) is 4.39 Å². The van der Waals surface area contributed by atoms with Crippen LogP contribution < -0.4 is 0 Å². The van der Waals surface area contributed by atoms with E-state index in [0.717, 1.165) is 0 Å². The second-order valence-corrected chi connectivity index (χ2v) is 3.37. The van der Waals surface area contributed by atoms with E-state index in [4.69, 9.17) is 5.11 Å². The van der Waals surface area contributed by atoms with Gasteiger partial charge in [0, 0.05) is 11.8 Å². The number of rotatable bonds is 2. The Hall–Kier alpha value is -2.43. The van der Waals surface area contributed by atoms with Crippen LogP contribution in [0.15, 0.2) is 36.5 Å². The number of aromatic nitrogens is 1. The highest BCUT2D eigenvalue weighted by atomic mass is 19.1. The van der Waals surface area contributed by atoms with Gasteiger partial charge >= 0.3 is 5.97 Å². The molecule has 0 bridgehead atoms. The van der Waals surface area contributed by atoms with Gasteiger partial charge in [-0.3, -0.25) is 4.98 Å². The fourth-order valence-corrected chi connectivity index (χ4v) is 1.49. The molecular weight excluding hydrogens is 225 g/mol. The van der Waals surface area contributed by atoms with Crippen molar-refractivity contribution >= 4 is 5.97 Å².